The predicted octanol–water partition coefficient (Wildman–Crippen LogP) is 1.54. The molecule has 1 aliphatic rings. The summed E-state index contributed by atoms with van der Waals surface area (Å²) in [6.45, 7) is 6.89. The van der Waals surface area contributed by atoms with Gasteiger partial charge in [-0.1, -0.05) is 0 Å². The molecule has 0 saturated carbocycles. The number of rotatable bonds is 5. The first-order valence-electron chi connectivity index (χ1n) is 8.41. The van der Waals surface area contributed by atoms with Crippen LogP contribution in [-0.4, -0.2) is 51.7 Å². The lowest BCUT2D eigenvalue weighted by Crippen LogP contribution is -2.44. The van der Waals surface area contributed by atoms with Crippen molar-refractivity contribution in [1.29, 1.82) is 0 Å². The van der Waals surface area contributed by atoms with Crippen LogP contribution in [0.1, 0.15) is 31.2 Å². The maximum Gasteiger partial charge on any atom is 0.316 e. The number of aromatic nitrogens is 4. The number of aryl methyl sites for hydroxylation is 2. The zero-order chi connectivity index (χ0) is 18.0. The van der Waals surface area contributed by atoms with E-state index in [1.807, 2.05) is 6.92 Å². The lowest BCUT2D eigenvalue weighted by molar-refractivity contribution is 0.119. The summed E-state index contributed by atoms with van der Waals surface area (Å²) in [6.07, 6.45) is 4.46. The molecule has 1 aliphatic heterocycles. The van der Waals surface area contributed by atoms with Gasteiger partial charge in [0.15, 0.2) is 0 Å². The Morgan fingerprint density at radius 2 is 2.00 bits per heavy atom. The number of hydrogen-bond donors (Lipinski definition) is 0. The van der Waals surface area contributed by atoms with Crippen molar-refractivity contribution in [3.63, 3.8) is 0 Å². The third kappa shape index (κ3) is 3.52. The van der Waals surface area contributed by atoms with Crippen LogP contribution < -0.4 is 4.74 Å². The average molecular weight is 365 g/mol. The highest BCUT2D eigenvalue weighted by Crippen LogP contribution is 2.27. The number of nitrogens with zero attached hydrogens (tertiary/aromatic N) is 5. The summed E-state index contributed by atoms with van der Waals surface area (Å²) in [5, 5.41) is 4.34. The van der Waals surface area contributed by atoms with Gasteiger partial charge in [-0.05, 0) is 39.7 Å². The Labute approximate surface area is 147 Å². The van der Waals surface area contributed by atoms with Gasteiger partial charge in [-0.15, -0.1) is 0 Å². The molecule has 0 spiro atoms. The van der Waals surface area contributed by atoms with E-state index >= 15 is 0 Å². The second-order valence-electron chi connectivity index (χ2n) is 6.09. The smallest absolute Gasteiger partial charge is 0.316 e. The molecule has 25 heavy (non-hydrogen) atoms. The largest absolute Gasteiger partial charge is 0.459 e. The molecule has 0 radical (unpaired) electrons. The van der Waals surface area contributed by atoms with Crippen LogP contribution in [0.5, 0.6) is 6.01 Å². The molecular weight excluding hydrogens is 342 g/mol. The van der Waals surface area contributed by atoms with Crippen LogP contribution in [0.2, 0.25) is 0 Å². The fourth-order valence-electron chi connectivity index (χ4n) is 3.21. The highest BCUT2D eigenvalue weighted by Gasteiger charge is 2.35. The van der Waals surface area contributed by atoms with Gasteiger partial charge in [-0.2, -0.15) is 9.40 Å². The lowest BCUT2D eigenvalue weighted by Gasteiger charge is -2.31. The van der Waals surface area contributed by atoms with E-state index in [2.05, 4.69) is 15.1 Å². The summed E-state index contributed by atoms with van der Waals surface area (Å²) in [7, 11) is -3.61. The van der Waals surface area contributed by atoms with Crippen molar-refractivity contribution in [3.05, 3.63) is 29.8 Å². The average Bonchev–Trinajstić information content (AvgIpc) is 2.90. The van der Waals surface area contributed by atoms with Crippen molar-refractivity contribution >= 4 is 10.0 Å². The quantitative estimate of drug-likeness (QED) is 0.798. The van der Waals surface area contributed by atoms with E-state index < -0.39 is 10.0 Å². The molecule has 0 amide bonds. The van der Waals surface area contributed by atoms with Crippen LogP contribution in [0, 0.1) is 13.8 Å². The maximum atomic E-state index is 13.1. The maximum absolute atomic E-state index is 13.1. The Bertz CT molecular complexity index is 835. The Morgan fingerprint density at radius 3 is 2.64 bits per heavy atom. The molecule has 0 aromatic carbocycles. The molecule has 1 fully saturated rings. The molecule has 1 saturated heterocycles. The minimum Gasteiger partial charge on any atom is -0.459 e. The van der Waals surface area contributed by atoms with Crippen LogP contribution in [0.4, 0.5) is 0 Å². The second kappa shape index (κ2) is 7.09. The van der Waals surface area contributed by atoms with Crippen molar-refractivity contribution in [1.82, 2.24) is 24.1 Å². The summed E-state index contributed by atoms with van der Waals surface area (Å²) >= 11 is 0. The van der Waals surface area contributed by atoms with Gasteiger partial charge >= 0.3 is 6.01 Å². The van der Waals surface area contributed by atoms with Crippen LogP contribution in [0.25, 0.3) is 0 Å². The normalized spacial score (nSPS) is 19.1. The Morgan fingerprint density at radius 1 is 1.28 bits per heavy atom. The van der Waals surface area contributed by atoms with Crippen LogP contribution in [0.3, 0.4) is 0 Å². The summed E-state index contributed by atoms with van der Waals surface area (Å²) in [5.74, 6) is 0. The molecule has 2 aromatic heterocycles. The molecule has 0 N–H and O–H groups in total. The van der Waals surface area contributed by atoms with E-state index in [0.717, 1.165) is 12.8 Å². The topological polar surface area (TPSA) is 90.2 Å². The van der Waals surface area contributed by atoms with E-state index in [9.17, 15) is 8.42 Å². The predicted molar refractivity (Wildman–Crippen MR) is 91.8 cm³/mol. The monoisotopic (exact) mass is 365 g/mol. The first kappa shape index (κ1) is 17.8. The first-order chi connectivity index (χ1) is 11.9. The summed E-state index contributed by atoms with van der Waals surface area (Å²) in [4.78, 5) is 8.40. The van der Waals surface area contributed by atoms with E-state index in [4.69, 9.17) is 4.74 Å². The van der Waals surface area contributed by atoms with Gasteiger partial charge in [0, 0.05) is 25.5 Å². The van der Waals surface area contributed by atoms with Gasteiger partial charge < -0.3 is 4.74 Å². The zero-order valence-corrected chi connectivity index (χ0v) is 15.5. The van der Waals surface area contributed by atoms with Crippen LogP contribution in [-0.2, 0) is 16.6 Å². The standard InChI is InChI=1S/C16H23N5O3S/c1-4-21-13(3)15(12(2)19-21)25(22,23)20-10-5-7-14(11-20)24-16-17-8-6-9-18-16/h6,8-9,14H,4-5,7,10-11H2,1-3H3. The first-order valence-corrected chi connectivity index (χ1v) is 9.85. The van der Waals surface area contributed by atoms with Crippen LogP contribution >= 0.6 is 0 Å². The summed E-state index contributed by atoms with van der Waals surface area (Å²) < 4.78 is 35.2. The van der Waals surface area contributed by atoms with Gasteiger partial charge in [0.25, 0.3) is 0 Å². The SMILES string of the molecule is CCn1nc(C)c(S(=O)(=O)N2CCCC(Oc3ncccn3)C2)c1C. The van der Waals surface area contributed by atoms with Crippen molar-refractivity contribution in [2.45, 2.75) is 51.2 Å². The van der Waals surface area contributed by atoms with Gasteiger partial charge in [0.1, 0.15) is 11.0 Å². The minimum absolute atomic E-state index is 0.257. The third-order valence-electron chi connectivity index (χ3n) is 4.37. The Kier molecular flexibility index (Phi) is 5.05. The van der Waals surface area contributed by atoms with Gasteiger partial charge in [0.2, 0.25) is 10.0 Å². The highest BCUT2D eigenvalue weighted by atomic mass is 32.2. The number of sulfonamides is 1. The molecular formula is C16H23N5O3S. The number of hydrogen-bond acceptors (Lipinski definition) is 6. The van der Waals surface area contributed by atoms with E-state index in [-0.39, 0.29) is 18.7 Å². The molecule has 1 unspecified atom stereocenters. The summed E-state index contributed by atoms with van der Waals surface area (Å²) in [5.41, 5.74) is 1.21. The second-order valence-corrected chi connectivity index (χ2v) is 7.97. The van der Waals surface area contributed by atoms with Crippen molar-refractivity contribution in [2.24, 2.45) is 0 Å². The van der Waals surface area contributed by atoms with E-state index in [0.29, 0.717) is 29.4 Å². The van der Waals surface area contributed by atoms with Crippen molar-refractivity contribution in [2.75, 3.05) is 13.1 Å². The van der Waals surface area contributed by atoms with Crippen molar-refractivity contribution < 1.29 is 13.2 Å². The molecule has 8 nitrogen and oxygen atoms in total. The molecule has 3 heterocycles. The van der Waals surface area contributed by atoms with Gasteiger partial charge in [-0.25, -0.2) is 18.4 Å². The Hall–Kier alpha value is -2.00. The zero-order valence-electron chi connectivity index (χ0n) is 14.7. The van der Waals surface area contributed by atoms with Crippen LogP contribution in [0.15, 0.2) is 23.4 Å². The van der Waals surface area contributed by atoms with E-state index in [1.54, 1.807) is 37.0 Å². The number of piperidine rings is 1. The molecule has 0 aliphatic carbocycles. The van der Waals surface area contributed by atoms with Crippen molar-refractivity contribution in [3.8, 4) is 6.01 Å². The third-order valence-corrected chi connectivity index (χ3v) is 6.49. The minimum atomic E-state index is -3.61. The highest BCUT2D eigenvalue weighted by molar-refractivity contribution is 7.89. The fourth-order valence-corrected chi connectivity index (χ4v) is 5.09. The summed E-state index contributed by atoms with van der Waals surface area (Å²) in [6, 6.07) is 1.99. The molecule has 136 valence electrons. The Balaban J connectivity index is 1.82. The lowest BCUT2D eigenvalue weighted by atomic mass is 10.1. The van der Waals surface area contributed by atoms with Gasteiger partial charge in [-0.3, -0.25) is 4.68 Å². The number of ether oxygens (including phenoxy) is 1. The molecule has 1 atom stereocenters. The van der Waals surface area contributed by atoms with E-state index in [1.165, 1.54) is 4.31 Å². The van der Waals surface area contributed by atoms with Gasteiger partial charge in [0.05, 0.1) is 17.9 Å². The molecule has 3 rings (SSSR count). The fraction of sp³-hybridized carbons (Fsp3) is 0.562. The molecule has 2 aromatic rings. The molecule has 0 bridgehead atoms. The molecule has 9 heteroatoms.